The average Bonchev–Trinajstić information content (AvgIpc) is 2.53. The third kappa shape index (κ3) is 4.82. The van der Waals surface area contributed by atoms with Crippen molar-refractivity contribution < 1.29 is 14.6 Å². The Balaban J connectivity index is 1.93. The summed E-state index contributed by atoms with van der Waals surface area (Å²) in [6, 6.07) is 9.07. The number of hydrogen-bond acceptors (Lipinski definition) is 4. The molecular weight excluding hydrogens is 440 g/mol. The minimum Gasteiger partial charge on any atom is -0.506 e. The van der Waals surface area contributed by atoms with Crippen molar-refractivity contribution in [3.63, 3.8) is 0 Å². The van der Waals surface area contributed by atoms with Gasteiger partial charge in [0.05, 0.1) is 10.7 Å². The number of phenolic OH excluding ortho intramolecular Hbond substituents is 1. The summed E-state index contributed by atoms with van der Waals surface area (Å²) in [7, 11) is 0. The number of amides is 1. The second kappa shape index (κ2) is 8.30. The highest BCUT2D eigenvalue weighted by Gasteiger charge is 2.07. The van der Waals surface area contributed by atoms with Crippen LogP contribution in [0.15, 0.2) is 44.4 Å². The monoisotopic (exact) mass is 454 g/mol. The third-order valence-corrected chi connectivity index (χ3v) is 4.43. The van der Waals surface area contributed by atoms with Crippen LogP contribution in [-0.2, 0) is 4.79 Å². The first kappa shape index (κ1) is 18.5. The summed E-state index contributed by atoms with van der Waals surface area (Å²) >= 11 is 6.55. The van der Waals surface area contributed by atoms with Crippen molar-refractivity contribution in [1.82, 2.24) is 5.43 Å². The van der Waals surface area contributed by atoms with Gasteiger partial charge in [0.25, 0.3) is 5.91 Å². The quantitative estimate of drug-likeness (QED) is 0.527. The van der Waals surface area contributed by atoms with Gasteiger partial charge in [-0.05, 0) is 59.1 Å². The first-order chi connectivity index (χ1) is 11.4. The van der Waals surface area contributed by atoms with Crippen molar-refractivity contribution >= 4 is 44.0 Å². The molecule has 0 aliphatic carbocycles. The van der Waals surface area contributed by atoms with Gasteiger partial charge >= 0.3 is 0 Å². The summed E-state index contributed by atoms with van der Waals surface area (Å²) in [6.45, 7) is 3.78. The summed E-state index contributed by atoms with van der Waals surface area (Å²) < 4.78 is 6.80. The van der Waals surface area contributed by atoms with Gasteiger partial charge in [0, 0.05) is 10.0 Å². The normalized spacial score (nSPS) is 10.8. The van der Waals surface area contributed by atoms with Gasteiger partial charge in [0.2, 0.25) is 0 Å². The van der Waals surface area contributed by atoms with Crippen LogP contribution in [0, 0.1) is 13.8 Å². The number of ether oxygens (including phenoxy) is 1. The Morgan fingerprint density at radius 3 is 2.83 bits per heavy atom. The van der Waals surface area contributed by atoms with Crippen molar-refractivity contribution in [2.75, 3.05) is 6.61 Å². The molecule has 0 unspecified atom stereocenters. The van der Waals surface area contributed by atoms with Crippen molar-refractivity contribution in [1.29, 1.82) is 0 Å². The van der Waals surface area contributed by atoms with Gasteiger partial charge in [-0.25, -0.2) is 5.43 Å². The van der Waals surface area contributed by atoms with Gasteiger partial charge in [-0.3, -0.25) is 4.79 Å². The molecular formula is C17H16Br2N2O3. The Labute approximate surface area is 157 Å². The molecule has 0 spiro atoms. The van der Waals surface area contributed by atoms with E-state index in [0.29, 0.717) is 15.8 Å². The Bertz CT molecular complexity index is 792. The molecule has 0 saturated carbocycles. The van der Waals surface area contributed by atoms with E-state index >= 15 is 0 Å². The van der Waals surface area contributed by atoms with E-state index in [2.05, 4.69) is 42.4 Å². The second-order valence-corrected chi connectivity index (χ2v) is 6.88. The van der Waals surface area contributed by atoms with E-state index in [4.69, 9.17) is 4.74 Å². The van der Waals surface area contributed by atoms with Crippen LogP contribution in [0.4, 0.5) is 0 Å². The van der Waals surface area contributed by atoms with Gasteiger partial charge in [-0.1, -0.05) is 28.1 Å². The first-order valence-corrected chi connectivity index (χ1v) is 8.66. The minimum absolute atomic E-state index is 0.0443. The molecule has 0 atom stereocenters. The molecule has 0 aromatic heterocycles. The van der Waals surface area contributed by atoms with Crippen molar-refractivity contribution in [3.05, 3.63) is 56.0 Å². The maximum atomic E-state index is 11.8. The van der Waals surface area contributed by atoms with Crippen LogP contribution in [-0.4, -0.2) is 23.8 Å². The number of nitrogens with one attached hydrogen (secondary N) is 1. The van der Waals surface area contributed by atoms with Gasteiger partial charge < -0.3 is 9.84 Å². The summed E-state index contributed by atoms with van der Waals surface area (Å²) in [6.07, 6.45) is 1.36. The number of aryl methyl sites for hydroxylation is 1. The Kier molecular flexibility index (Phi) is 6.39. The molecule has 0 bridgehead atoms. The molecule has 0 saturated heterocycles. The highest BCUT2D eigenvalue weighted by Crippen LogP contribution is 2.30. The highest BCUT2D eigenvalue weighted by atomic mass is 79.9. The van der Waals surface area contributed by atoms with E-state index < -0.39 is 0 Å². The third-order valence-electron chi connectivity index (χ3n) is 3.36. The predicted molar refractivity (Wildman–Crippen MR) is 101 cm³/mol. The van der Waals surface area contributed by atoms with Crippen LogP contribution < -0.4 is 10.2 Å². The highest BCUT2D eigenvalue weighted by molar-refractivity contribution is 9.11. The number of carbonyl (C=O) groups excluding carboxylic acids is 1. The number of benzene rings is 2. The van der Waals surface area contributed by atoms with Crippen molar-refractivity contribution in [3.8, 4) is 11.5 Å². The fourth-order valence-corrected chi connectivity index (χ4v) is 3.17. The lowest BCUT2D eigenvalue weighted by Gasteiger charge is -2.09. The zero-order chi connectivity index (χ0) is 17.7. The Morgan fingerprint density at radius 2 is 2.08 bits per heavy atom. The zero-order valence-corrected chi connectivity index (χ0v) is 16.3. The number of carbonyl (C=O) groups is 1. The minimum atomic E-state index is -0.388. The lowest BCUT2D eigenvalue weighted by Crippen LogP contribution is -2.24. The van der Waals surface area contributed by atoms with Gasteiger partial charge in [-0.15, -0.1) is 0 Å². The molecule has 0 aliphatic heterocycles. The number of hydrogen-bond donors (Lipinski definition) is 2. The molecule has 2 aromatic carbocycles. The van der Waals surface area contributed by atoms with Gasteiger partial charge in [0.1, 0.15) is 11.5 Å². The second-order valence-electron chi connectivity index (χ2n) is 5.11. The predicted octanol–water partition coefficient (Wildman–Crippen LogP) is 4.06. The first-order valence-electron chi connectivity index (χ1n) is 7.07. The number of halogens is 2. The maximum absolute atomic E-state index is 11.8. The van der Waals surface area contributed by atoms with E-state index in [9.17, 15) is 9.90 Å². The number of hydrazone groups is 1. The lowest BCUT2D eigenvalue weighted by molar-refractivity contribution is -0.123. The molecule has 7 heteroatoms. The number of rotatable bonds is 5. The lowest BCUT2D eigenvalue weighted by atomic mass is 10.1. The fraction of sp³-hybridized carbons (Fsp3) is 0.176. The van der Waals surface area contributed by atoms with E-state index in [1.54, 1.807) is 12.1 Å². The summed E-state index contributed by atoms with van der Waals surface area (Å²) in [5.74, 6) is 0.325. The molecule has 1 amide bonds. The number of nitrogens with zero attached hydrogens (tertiary/aromatic N) is 1. The topological polar surface area (TPSA) is 70.9 Å². The standard InChI is InChI=1S/C17H16Br2N2O3/c1-10-4-3-5-15(11(10)2)24-9-16(22)21-20-8-12-6-13(18)7-14(19)17(12)23/h3-8,23H,9H2,1-2H3,(H,21,22)/b20-8-. The number of phenols is 1. The SMILES string of the molecule is Cc1cccc(OCC(=O)N/N=C\c2cc(Br)cc(Br)c2O)c1C. The molecule has 0 aliphatic rings. The van der Waals surface area contributed by atoms with Crippen LogP contribution in [0.2, 0.25) is 0 Å². The van der Waals surface area contributed by atoms with Gasteiger partial charge in [-0.2, -0.15) is 5.10 Å². The van der Waals surface area contributed by atoms with Crippen LogP contribution >= 0.6 is 31.9 Å². The largest absolute Gasteiger partial charge is 0.506 e. The Morgan fingerprint density at radius 1 is 1.33 bits per heavy atom. The Hall–Kier alpha value is -1.86. The summed E-state index contributed by atoms with van der Waals surface area (Å²) in [5, 5.41) is 13.7. The summed E-state index contributed by atoms with van der Waals surface area (Å²) in [5.41, 5.74) is 4.93. The molecule has 2 rings (SSSR count). The molecule has 2 N–H and O–H groups in total. The molecule has 0 heterocycles. The molecule has 126 valence electrons. The fourth-order valence-electron chi connectivity index (χ4n) is 1.91. The zero-order valence-electron chi connectivity index (χ0n) is 13.1. The molecule has 24 heavy (non-hydrogen) atoms. The van der Waals surface area contributed by atoms with Gasteiger partial charge in [0.15, 0.2) is 6.61 Å². The van der Waals surface area contributed by atoms with Crippen LogP contribution in [0.3, 0.4) is 0 Å². The van der Waals surface area contributed by atoms with Crippen LogP contribution in [0.5, 0.6) is 11.5 Å². The molecule has 2 aromatic rings. The molecule has 0 fully saturated rings. The molecule has 5 nitrogen and oxygen atoms in total. The van der Waals surface area contributed by atoms with E-state index in [-0.39, 0.29) is 18.3 Å². The van der Waals surface area contributed by atoms with Crippen LogP contribution in [0.25, 0.3) is 0 Å². The number of aromatic hydroxyl groups is 1. The van der Waals surface area contributed by atoms with Crippen molar-refractivity contribution in [2.24, 2.45) is 5.10 Å². The summed E-state index contributed by atoms with van der Waals surface area (Å²) in [4.78, 5) is 11.8. The maximum Gasteiger partial charge on any atom is 0.277 e. The van der Waals surface area contributed by atoms with E-state index in [1.807, 2.05) is 32.0 Å². The van der Waals surface area contributed by atoms with E-state index in [0.717, 1.165) is 15.6 Å². The molecule has 0 radical (unpaired) electrons. The average molecular weight is 456 g/mol. The van der Waals surface area contributed by atoms with E-state index in [1.165, 1.54) is 6.21 Å². The van der Waals surface area contributed by atoms with Crippen molar-refractivity contribution in [2.45, 2.75) is 13.8 Å². The van der Waals surface area contributed by atoms with Crippen LogP contribution in [0.1, 0.15) is 16.7 Å². The smallest absolute Gasteiger partial charge is 0.277 e.